The van der Waals surface area contributed by atoms with Crippen molar-refractivity contribution in [1.82, 2.24) is 9.55 Å². The molecule has 0 spiro atoms. The fraction of sp³-hybridized carbons (Fsp3) is 0.636. The summed E-state index contributed by atoms with van der Waals surface area (Å²) in [7, 11) is 0.684. The summed E-state index contributed by atoms with van der Waals surface area (Å²) >= 11 is 0. The predicted octanol–water partition coefficient (Wildman–Crippen LogP) is 4.92. The topological polar surface area (TPSA) is 65.4 Å². The summed E-state index contributed by atoms with van der Waals surface area (Å²) in [6.07, 6.45) is 8.23. The van der Waals surface area contributed by atoms with Gasteiger partial charge in [-0.3, -0.25) is 4.79 Å². The Morgan fingerprint density at radius 2 is 2.00 bits per heavy atom. The van der Waals surface area contributed by atoms with Crippen LogP contribution in [0.4, 0.5) is 5.69 Å². The Kier molecular flexibility index (Phi) is 7.13. The minimum atomic E-state index is -1.10. The molecule has 3 rings (SSSR count). The number of anilines is 1. The van der Waals surface area contributed by atoms with Gasteiger partial charge in [0.25, 0.3) is 0 Å². The third-order valence-electron chi connectivity index (χ3n) is 5.75. The van der Waals surface area contributed by atoms with E-state index in [4.69, 9.17) is 9.47 Å². The zero-order valence-corrected chi connectivity index (χ0v) is 19.5. The fourth-order valence-electron chi connectivity index (χ4n) is 3.85. The van der Waals surface area contributed by atoms with Crippen molar-refractivity contribution >= 4 is 30.6 Å². The number of rotatable bonds is 9. The highest BCUT2D eigenvalue weighted by Crippen LogP contribution is 2.31. The molecule has 160 valence electrons. The van der Waals surface area contributed by atoms with Crippen LogP contribution in [0.15, 0.2) is 18.5 Å². The molecule has 0 saturated heterocycles. The van der Waals surface area contributed by atoms with Gasteiger partial charge in [-0.15, -0.1) is 0 Å². The van der Waals surface area contributed by atoms with E-state index in [2.05, 4.69) is 29.9 Å². The molecule has 1 aliphatic rings. The van der Waals surface area contributed by atoms with Crippen LogP contribution in [-0.4, -0.2) is 49.3 Å². The number of carbonyl (C=O) groups is 1. The molecule has 6 nitrogen and oxygen atoms in total. The fourth-order valence-corrected chi connectivity index (χ4v) is 4.61. The average Bonchev–Trinajstić information content (AvgIpc) is 3.08. The maximum absolute atomic E-state index is 12.2. The van der Waals surface area contributed by atoms with E-state index >= 15 is 0 Å². The number of hydrogen-bond acceptors (Lipinski definition) is 5. The number of nitrogens with one attached hydrogen (secondary N) is 1. The Labute approximate surface area is 175 Å². The van der Waals surface area contributed by atoms with Crippen molar-refractivity contribution in [3.8, 4) is 0 Å². The molecule has 0 bridgehead atoms. The van der Waals surface area contributed by atoms with Crippen LogP contribution in [0.3, 0.4) is 0 Å². The summed E-state index contributed by atoms with van der Waals surface area (Å²) in [5.74, 6) is 0.0339. The zero-order valence-electron chi connectivity index (χ0n) is 18.5. The lowest BCUT2D eigenvalue weighted by Gasteiger charge is -2.29. The molecule has 2 aromatic rings. The standard InChI is InChI=1S/C22H35N3O3Si/c1-16(26)20-14-23-22-19(10-11-25(22)15-28-12-13-29(3,4)5)21(20)24-17-6-8-18(27-2)9-7-17/h10-11,14,17-18H,6-9,12-13,15H2,1-5H3,(H,23,24)/t17-,18-. The molecule has 0 amide bonds. The number of carbonyl (C=O) groups excluding carboxylic acids is 1. The van der Waals surface area contributed by atoms with Gasteiger partial charge in [0.05, 0.1) is 17.4 Å². The number of aromatic nitrogens is 2. The van der Waals surface area contributed by atoms with Crippen LogP contribution in [0.1, 0.15) is 43.0 Å². The van der Waals surface area contributed by atoms with Crippen LogP contribution in [0.2, 0.25) is 25.7 Å². The van der Waals surface area contributed by atoms with Crippen molar-refractivity contribution < 1.29 is 14.3 Å². The number of nitrogens with zero attached hydrogens (tertiary/aromatic N) is 2. The van der Waals surface area contributed by atoms with Gasteiger partial charge in [0.2, 0.25) is 0 Å². The molecule has 0 radical (unpaired) electrons. The normalized spacial score (nSPS) is 20.2. The van der Waals surface area contributed by atoms with Gasteiger partial charge < -0.3 is 19.4 Å². The van der Waals surface area contributed by atoms with Crippen molar-refractivity contribution in [2.24, 2.45) is 0 Å². The number of ether oxygens (including phenoxy) is 2. The van der Waals surface area contributed by atoms with E-state index < -0.39 is 8.07 Å². The number of Topliss-reactive ketones (excluding diaryl/α,β-unsaturated/α-hetero) is 1. The lowest BCUT2D eigenvalue weighted by molar-refractivity contribution is 0.0682. The average molecular weight is 418 g/mol. The van der Waals surface area contributed by atoms with E-state index in [0.29, 0.717) is 24.4 Å². The lowest BCUT2D eigenvalue weighted by atomic mass is 9.92. The summed E-state index contributed by atoms with van der Waals surface area (Å²) in [6, 6.07) is 3.53. The first kappa shape index (κ1) is 22.0. The summed E-state index contributed by atoms with van der Waals surface area (Å²) in [6.45, 7) is 9.92. The molecule has 0 unspecified atom stereocenters. The van der Waals surface area contributed by atoms with Gasteiger partial charge in [-0.2, -0.15) is 0 Å². The van der Waals surface area contributed by atoms with E-state index in [-0.39, 0.29) is 5.78 Å². The number of ketones is 1. The van der Waals surface area contributed by atoms with Gasteiger partial charge in [0.1, 0.15) is 12.4 Å². The van der Waals surface area contributed by atoms with Crippen molar-refractivity contribution in [1.29, 1.82) is 0 Å². The number of pyridine rings is 1. The molecular formula is C22H35N3O3Si. The quantitative estimate of drug-likeness (QED) is 0.356. The van der Waals surface area contributed by atoms with Crippen LogP contribution in [0.25, 0.3) is 11.0 Å². The van der Waals surface area contributed by atoms with Crippen molar-refractivity contribution in [2.45, 2.75) is 77.2 Å². The van der Waals surface area contributed by atoms with Crippen molar-refractivity contribution in [3.05, 3.63) is 24.0 Å². The Morgan fingerprint density at radius 3 is 2.62 bits per heavy atom. The SMILES string of the molecule is CO[C@H]1CC[C@H](Nc2c(C(C)=O)cnc3c2ccn3COCC[Si](C)(C)C)CC1. The molecule has 0 aromatic carbocycles. The summed E-state index contributed by atoms with van der Waals surface area (Å²) in [5.41, 5.74) is 2.42. The Bertz CT molecular complexity index is 836. The van der Waals surface area contributed by atoms with Crippen LogP contribution in [0, 0.1) is 0 Å². The number of hydrogen-bond donors (Lipinski definition) is 1. The van der Waals surface area contributed by atoms with E-state index in [1.54, 1.807) is 20.2 Å². The van der Waals surface area contributed by atoms with Crippen LogP contribution < -0.4 is 5.32 Å². The summed E-state index contributed by atoms with van der Waals surface area (Å²) < 4.78 is 13.4. The van der Waals surface area contributed by atoms with Crippen molar-refractivity contribution in [2.75, 3.05) is 19.0 Å². The van der Waals surface area contributed by atoms with E-state index in [1.807, 2.05) is 16.8 Å². The highest BCUT2D eigenvalue weighted by atomic mass is 28.3. The Balaban J connectivity index is 1.77. The highest BCUT2D eigenvalue weighted by molar-refractivity contribution is 6.76. The molecule has 29 heavy (non-hydrogen) atoms. The van der Waals surface area contributed by atoms with Gasteiger partial charge in [-0.25, -0.2) is 4.98 Å². The first-order chi connectivity index (χ1) is 13.8. The van der Waals surface area contributed by atoms with Gasteiger partial charge in [0, 0.05) is 45.6 Å². The molecule has 7 heteroatoms. The minimum absolute atomic E-state index is 0.0339. The molecule has 1 saturated carbocycles. The van der Waals surface area contributed by atoms with Crippen LogP contribution >= 0.6 is 0 Å². The van der Waals surface area contributed by atoms with Crippen LogP contribution in [0.5, 0.6) is 0 Å². The Hall–Kier alpha value is -1.70. The largest absolute Gasteiger partial charge is 0.381 e. The molecule has 2 aromatic heterocycles. The first-order valence-electron chi connectivity index (χ1n) is 10.6. The van der Waals surface area contributed by atoms with Gasteiger partial charge in [-0.05, 0) is 44.7 Å². The zero-order chi connectivity index (χ0) is 21.0. The van der Waals surface area contributed by atoms with Gasteiger partial charge in [0.15, 0.2) is 5.78 Å². The number of fused-ring (bicyclic) bond motifs is 1. The first-order valence-corrected chi connectivity index (χ1v) is 14.3. The third-order valence-corrected chi connectivity index (χ3v) is 7.45. The molecular weight excluding hydrogens is 382 g/mol. The van der Waals surface area contributed by atoms with Gasteiger partial charge >= 0.3 is 0 Å². The molecule has 1 N–H and O–H groups in total. The molecule has 1 aliphatic carbocycles. The van der Waals surface area contributed by atoms with E-state index in [1.165, 1.54) is 0 Å². The smallest absolute Gasteiger partial charge is 0.163 e. The molecule has 1 fully saturated rings. The third kappa shape index (κ3) is 5.68. The second-order valence-corrected chi connectivity index (χ2v) is 14.9. The van der Waals surface area contributed by atoms with Gasteiger partial charge in [-0.1, -0.05) is 19.6 Å². The minimum Gasteiger partial charge on any atom is -0.381 e. The van der Waals surface area contributed by atoms with E-state index in [9.17, 15) is 4.79 Å². The maximum atomic E-state index is 12.2. The van der Waals surface area contributed by atoms with Crippen molar-refractivity contribution in [3.63, 3.8) is 0 Å². The predicted molar refractivity (Wildman–Crippen MR) is 121 cm³/mol. The van der Waals surface area contributed by atoms with Crippen LogP contribution in [-0.2, 0) is 16.2 Å². The highest BCUT2D eigenvalue weighted by Gasteiger charge is 2.23. The summed E-state index contributed by atoms with van der Waals surface area (Å²) in [4.78, 5) is 16.8. The number of methoxy groups -OCH3 is 1. The lowest BCUT2D eigenvalue weighted by Crippen LogP contribution is -2.29. The van der Waals surface area contributed by atoms with E-state index in [0.717, 1.165) is 55.1 Å². The Morgan fingerprint density at radius 1 is 1.28 bits per heavy atom. The monoisotopic (exact) mass is 417 g/mol. The molecule has 0 aliphatic heterocycles. The second kappa shape index (κ2) is 9.41. The second-order valence-electron chi connectivity index (χ2n) is 9.33. The summed E-state index contributed by atoms with van der Waals surface area (Å²) in [5, 5.41) is 4.64. The molecule has 2 heterocycles. The maximum Gasteiger partial charge on any atom is 0.163 e. The molecule has 0 atom stereocenters.